The van der Waals surface area contributed by atoms with E-state index in [0.717, 1.165) is 24.2 Å². The molecule has 0 bridgehead atoms. The van der Waals surface area contributed by atoms with E-state index in [1.54, 1.807) is 31.3 Å². The molecule has 13 heteroatoms. The monoisotopic (exact) mass is 607 g/mol. The summed E-state index contributed by atoms with van der Waals surface area (Å²) in [5.41, 5.74) is 0.896. The first kappa shape index (κ1) is 30.6. The maximum atomic E-state index is 13.7. The summed E-state index contributed by atoms with van der Waals surface area (Å²) in [6, 6.07) is 9.29. The second-order valence-electron chi connectivity index (χ2n) is 10.6. The van der Waals surface area contributed by atoms with Gasteiger partial charge in [-0.05, 0) is 56.2 Å². The Morgan fingerprint density at radius 2 is 1.93 bits per heavy atom. The van der Waals surface area contributed by atoms with Crippen molar-refractivity contribution in [1.29, 1.82) is 5.26 Å². The summed E-state index contributed by atoms with van der Waals surface area (Å²) < 4.78 is 48.4. The summed E-state index contributed by atoms with van der Waals surface area (Å²) in [5, 5.41) is 17.0. The normalized spacial score (nSPS) is 16.9. The number of nitriles is 1. The number of aromatic amines is 1. The number of benzene rings is 2. The standard InChI is InChI=1S/C31H32F3N7O3/c1-5-8-22-27-28(40(4)39-22)30(43)38-29(37-27)20-13-18(10-12-25(20)44-7-3)36-23-15-26(42)41(24(23)6-2)19-11-9-17(16-35)21(14-19)31(32,33)34/h9-14,23-24,36H,5-8,15H2,1-4H3,(H,37,38,43)/t23-,24-/m1/s1. The molecule has 0 aliphatic carbocycles. The molecule has 0 saturated carbocycles. The molecule has 0 unspecified atom stereocenters. The zero-order valence-corrected chi connectivity index (χ0v) is 24.7. The van der Waals surface area contributed by atoms with E-state index < -0.39 is 29.4 Å². The largest absolute Gasteiger partial charge is 0.493 e. The Labute approximate surface area is 251 Å². The van der Waals surface area contributed by atoms with E-state index in [-0.39, 0.29) is 23.6 Å². The number of nitrogens with one attached hydrogen (secondary N) is 2. The van der Waals surface area contributed by atoms with Crippen LogP contribution in [0.15, 0.2) is 41.2 Å². The predicted octanol–water partition coefficient (Wildman–Crippen LogP) is 5.56. The predicted molar refractivity (Wildman–Crippen MR) is 159 cm³/mol. The highest BCUT2D eigenvalue weighted by molar-refractivity contribution is 5.98. The number of carbonyl (C=O) groups excluding carboxylic acids is 1. The fourth-order valence-electron chi connectivity index (χ4n) is 5.83. The van der Waals surface area contributed by atoms with Crippen molar-refractivity contribution in [1.82, 2.24) is 19.7 Å². The Bertz CT molecular complexity index is 1820. The summed E-state index contributed by atoms with van der Waals surface area (Å²) in [5.74, 6) is 0.457. The average Bonchev–Trinajstić information content (AvgIpc) is 3.48. The molecule has 1 saturated heterocycles. The lowest BCUT2D eigenvalue weighted by Crippen LogP contribution is -2.39. The number of carbonyl (C=O) groups is 1. The molecular weight excluding hydrogens is 575 g/mol. The van der Waals surface area contributed by atoms with Crippen molar-refractivity contribution in [3.8, 4) is 23.2 Å². The zero-order valence-electron chi connectivity index (χ0n) is 24.7. The average molecular weight is 608 g/mol. The lowest BCUT2D eigenvalue weighted by molar-refractivity contribution is -0.137. The number of halogens is 3. The van der Waals surface area contributed by atoms with Gasteiger partial charge in [0.25, 0.3) is 5.56 Å². The molecular formula is C31H32F3N7O3. The van der Waals surface area contributed by atoms with Gasteiger partial charge in [0.15, 0.2) is 5.52 Å². The van der Waals surface area contributed by atoms with Crippen molar-refractivity contribution >= 4 is 28.3 Å². The van der Waals surface area contributed by atoms with Crippen LogP contribution in [-0.4, -0.2) is 44.3 Å². The molecule has 230 valence electrons. The van der Waals surface area contributed by atoms with Crippen LogP contribution in [0.1, 0.15) is 56.9 Å². The summed E-state index contributed by atoms with van der Waals surface area (Å²) in [6.07, 6.45) is -2.76. The van der Waals surface area contributed by atoms with Crippen molar-refractivity contribution in [3.63, 3.8) is 0 Å². The summed E-state index contributed by atoms with van der Waals surface area (Å²) in [6.45, 7) is 6.09. The van der Waals surface area contributed by atoms with E-state index in [1.165, 1.54) is 15.6 Å². The number of aromatic nitrogens is 4. The number of hydrogen-bond acceptors (Lipinski definition) is 7. The first-order valence-corrected chi connectivity index (χ1v) is 14.4. The number of fused-ring (bicyclic) bond motifs is 1. The van der Waals surface area contributed by atoms with Gasteiger partial charge in [-0.1, -0.05) is 20.3 Å². The molecule has 4 aromatic rings. The third-order valence-electron chi connectivity index (χ3n) is 7.72. The molecule has 0 spiro atoms. The molecule has 1 fully saturated rings. The Balaban J connectivity index is 1.51. The third-order valence-corrected chi connectivity index (χ3v) is 7.72. The number of hydrogen-bond donors (Lipinski definition) is 2. The van der Waals surface area contributed by atoms with Gasteiger partial charge in [0, 0.05) is 24.8 Å². The smallest absolute Gasteiger partial charge is 0.417 e. The molecule has 1 aliphatic rings. The first-order valence-electron chi connectivity index (χ1n) is 14.4. The summed E-state index contributed by atoms with van der Waals surface area (Å²) in [4.78, 5) is 35.3. The van der Waals surface area contributed by atoms with Crippen LogP contribution in [0.3, 0.4) is 0 Å². The Morgan fingerprint density at radius 3 is 2.59 bits per heavy atom. The maximum absolute atomic E-state index is 13.7. The molecule has 5 rings (SSSR count). The van der Waals surface area contributed by atoms with Gasteiger partial charge in [-0.15, -0.1) is 0 Å². The van der Waals surface area contributed by atoms with Crippen LogP contribution in [0, 0.1) is 11.3 Å². The van der Waals surface area contributed by atoms with Crippen molar-refractivity contribution in [2.45, 2.75) is 64.7 Å². The summed E-state index contributed by atoms with van der Waals surface area (Å²) >= 11 is 0. The van der Waals surface area contributed by atoms with Gasteiger partial charge in [-0.25, -0.2) is 4.98 Å². The van der Waals surface area contributed by atoms with Crippen LogP contribution in [0.4, 0.5) is 24.5 Å². The molecule has 1 amide bonds. The van der Waals surface area contributed by atoms with Gasteiger partial charge in [-0.3, -0.25) is 14.3 Å². The quantitative estimate of drug-likeness (QED) is 0.255. The Kier molecular flexibility index (Phi) is 8.36. The van der Waals surface area contributed by atoms with Gasteiger partial charge in [0.1, 0.15) is 17.1 Å². The Morgan fingerprint density at radius 1 is 1.16 bits per heavy atom. The maximum Gasteiger partial charge on any atom is 0.417 e. The number of amides is 1. The molecule has 3 heterocycles. The number of H-pyrrole nitrogens is 1. The second-order valence-corrected chi connectivity index (χ2v) is 10.6. The second kappa shape index (κ2) is 12.0. The minimum absolute atomic E-state index is 0.0412. The highest BCUT2D eigenvalue weighted by atomic mass is 19.4. The van der Waals surface area contributed by atoms with Crippen LogP contribution >= 0.6 is 0 Å². The molecule has 2 N–H and O–H groups in total. The molecule has 2 aromatic carbocycles. The minimum Gasteiger partial charge on any atom is -0.493 e. The van der Waals surface area contributed by atoms with Gasteiger partial charge in [0.05, 0.1) is 47.1 Å². The van der Waals surface area contributed by atoms with Crippen molar-refractivity contribution in [2.75, 3.05) is 16.8 Å². The van der Waals surface area contributed by atoms with Gasteiger partial charge >= 0.3 is 6.18 Å². The fourth-order valence-corrected chi connectivity index (χ4v) is 5.83. The van der Waals surface area contributed by atoms with Gasteiger partial charge in [0.2, 0.25) is 5.91 Å². The number of aryl methyl sites for hydroxylation is 2. The topological polar surface area (TPSA) is 129 Å². The summed E-state index contributed by atoms with van der Waals surface area (Å²) in [7, 11) is 1.70. The third kappa shape index (κ3) is 5.59. The Hall–Kier alpha value is -4.86. The van der Waals surface area contributed by atoms with E-state index in [9.17, 15) is 28.0 Å². The van der Waals surface area contributed by atoms with E-state index in [4.69, 9.17) is 9.72 Å². The highest BCUT2D eigenvalue weighted by Gasteiger charge is 2.41. The minimum atomic E-state index is -4.74. The van der Waals surface area contributed by atoms with Crippen LogP contribution in [0.25, 0.3) is 22.4 Å². The first-order chi connectivity index (χ1) is 21.0. The molecule has 10 nitrogen and oxygen atoms in total. The highest BCUT2D eigenvalue weighted by Crippen LogP contribution is 2.38. The molecule has 0 radical (unpaired) electrons. The number of rotatable bonds is 9. The lowest BCUT2D eigenvalue weighted by atomic mass is 10.0. The van der Waals surface area contributed by atoms with E-state index >= 15 is 0 Å². The van der Waals surface area contributed by atoms with E-state index in [1.807, 2.05) is 20.8 Å². The number of anilines is 2. The van der Waals surface area contributed by atoms with Crippen molar-refractivity contribution < 1.29 is 22.7 Å². The van der Waals surface area contributed by atoms with E-state index in [2.05, 4.69) is 15.4 Å². The van der Waals surface area contributed by atoms with Crippen LogP contribution < -0.4 is 20.5 Å². The van der Waals surface area contributed by atoms with Gasteiger partial charge in [-0.2, -0.15) is 23.5 Å². The van der Waals surface area contributed by atoms with Crippen LogP contribution in [-0.2, 0) is 24.4 Å². The van der Waals surface area contributed by atoms with E-state index in [0.29, 0.717) is 53.3 Å². The molecule has 2 atom stereocenters. The molecule has 44 heavy (non-hydrogen) atoms. The lowest BCUT2D eigenvalue weighted by Gasteiger charge is -2.29. The SMILES string of the molecule is CCCc1nn(C)c2c(=O)[nH]c(-c3cc(N[C@@H]4CC(=O)N(c5ccc(C#N)c(C(F)(F)F)c5)[C@@H]4CC)ccc3OCC)nc12. The van der Waals surface area contributed by atoms with Crippen LogP contribution in [0.5, 0.6) is 5.75 Å². The number of alkyl halides is 3. The van der Waals surface area contributed by atoms with Crippen molar-refractivity contribution in [2.24, 2.45) is 7.05 Å². The van der Waals surface area contributed by atoms with Gasteiger partial charge < -0.3 is 19.9 Å². The number of ether oxygens (including phenoxy) is 1. The van der Waals surface area contributed by atoms with Crippen LogP contribution in [0.2, 0.25) is 0 Å². The molecule has 2 aromatic heterocycles. The number of nitrogens with zero attached hydrogens (tertiary/aromatic N) is 5. The zero-order chi connectivity index (χ0) is 31.8. The molecule has 1 aliphatic heterocycles. The van der Waals surface area contributed by atoms with Crippen molar-refractivity contribution in [3.05, 3.63) is 63.6 Å². The fraction of sp³-hybridized carbons (Fsp3) is 0.387.